The number of anilines is 1. The average molecular weight is 444 g/mol. The van der Waals surface area contributed by atoms with E-state index in [1.807, 2.05) is 19.1 Å². The zero-order chi connectivity index (χ0) is 22.5. The molecule has 162 valence electrons. The fourth-order valence-electron chi connectivity index (χ4n) is 3.80. The van der Waals surface area contributed by atoms with Crippen LogP contribution in [0.3, 0.4) is 0 Å². The number of benzene rings is 3. The lowest BCUT2D eigenvalue weighted by atomic mass is 9.98. The summed E-state index contributed by atoms with van der Waals surface area (Å²) in [6.45, 7) is 4.89. The molecule has 0 unspecified atom stereocenters. The van der Waals surface area contributed by atoms with Gasteiger partial charge >= 0.3 is 5.97 Å². The second-order valence-corrected chi connectivity index (χ2v) is 8.81. The summed E-state index contributed by atoms with van der Waals surface area (Å²) in [5.74, 6) is 0.633. The fourth-order valence-corrected chi connectivity index (χ4v) is 4.63. The maximum absolute atomic E-state index is 11.5. The number of rotatable bonds is 8. The van der Waals surface area contributed by atoms with Gasteiger partial charge in [-0.2, -0.15) is 0 Å². The van der Waals surface area contributed by atoms with E-state index in [0.717, 1.165) is 40.7 Å². The lowest BCUT2D eigenvalue weighted by Gasteiger charge is -2.11. The number of hydrogen-bond donors (Lipinski definition) is 2. The van der Waals surface area contributed by atoms with Crippen molar-refractivity contribution in [3.63, 3.8) is 0 Å². The van der Waals surface area contributed by atoms with Crippen molar-refractivity contribution in [2.45, 2.75) is 25.2 Å². The van der Waals surface area contributed by atoms with Crippen LogP contribution in [0.4, 0.5) is 5.82 Å². The first-order valence-corrected chi connectivity index (χ1v) is 11.6. The van der Waals surface area contributed by atoms with Gasteiger partial charge in [0.2, 0.25) is 0 Å². The number of carboxylic acids is 1. The van der Waals surface area contributed by atoms with Gasteiger partial charge in [-0.1, -0.05) is 49.4 Å². The first kappa shape index (κ1) is 21.8. The number of carboxylic acid groups (broad SMARTS) is 1. The highest BCUT2D eigenvalue weighted by Crippen LogP contribution is 2.29. The van der Waals surface area contributed by atoms with Crippen LogP contribution >= 0.6 is 11.8 Å². The molecule has 1 aromatic heterocycles. The van der Waals surface area contributed by atoms with Crippen LogP contribution in [0.2, 0.25) is 0 Å². The Hall–Kier alpha value is -3.38. The number of aromatic carboxylic acids is 1. The Morgan fingerprint density at radius 3 is 2.62 bits per heavy atom. The number of fused-ring (bicyclic) bond motifs is 1. The number of aromatic nitrogens is 2. The molecule has 5 nitrogen and oxygen atoms in total. The average Bonchev–Trinajstić information content (AvgIpc) is 2.81. The maximum atomic E-state index is 11.5. The molecule has 0 radical (unpaired) electrons. The number of nitrogens with zero attached hydrogens (tertiary/aromatic N) is 2. The van der Waals surface area contributed by atoms with E-state index in [0.29, 0.717) is 5.56 Å². The third-order valence-corrected chi connectivity index (χ3v) is 6.34. The predicted molar refractivity (Wildman–Crippen MR) is 132 cm³/mol. The summed E-state index contributed by atoms with van der Waals surface area (Å²) in [7, 11) is 0. The zero-order valence-corrected chi connectivity index (χ0v) is 18.9. The molecule has 0 spiro atoms. The van der Waals surface area contributed by atoms with Crippen molar-refractivity contribution < 1.29 is 9.90 Å². The van der Waals surface area contributed by atoms with Gasteiger partial charge in [0.1, 0.15) is 12.1 Å². The molecule has 0 aliphatic heterocycles. The van der Waals surface area contributed by atoms with Crippen molar-refractivity contribution in [2.24, 2.45) is 0 Å². The van der Waals surface area contributed by atoms with E-state index in [9.17, 15) is 9.90 Å². The maximum Gasteiger partial charge on any atom is 0.336 e. The first-order valence-electron chi connectivity index (χ1n) is 10.6. The quantitative estimate of drug-likeness (QED) is 0.322. The van der Waals surface area contributed by atoms with Crippen LogP contribution in [0.15, 0.2) is 71.9 Å². The third-order valence-electron chi connectivity index (χ3n) is 5.41. The lowest BCUT2D eigenvalue weighted by molar-refractivity contribution is 0.0693. The summed E-state index contributed by atoms with van der Waals surface area (Å²) in [5.41, 5.74) is 4.54. The molecule has 4 rings (SSSR count). The summed E-state index contributed by atoms with van der Waals surface area (Å²) in [6.07, 6.45) is 2.42. The van der Waals surface area contributed by atoms with Crippen molar-refractivity contribution >= 4 is 34.3 Å². The van der Waals surface area contributed by atoms with Gasteiger partial charge in [0.15, 0.2) is 0 Å². The lowest BCUT2D eigenvalue weighted by Crippen LogP contribution is -2.07. The molecular weight excluding hydrogens is 418 g/mol. The molecule has 0 saturated heterocycles. The molecule has 0 atom stereocenters. The molecule has 3 aromatic carbocycles. The minimum atomic E-state index is -0.916. The molecule has 0 aliphatic carbocycles. The van der Waals surface area contributed by atoms with Crippen LogP contribution in [0.25, 0.3) is 22.0 Å². The summed E-state index contributed by atoms with van der Waals surface area (Å²) in [4.78, 5) is 21.0. The van der Waals surface area contributed by atoms with Gasteiger partial charge in [0, 0.05) is 23.1 Å². The Morgan fingerprint density at radius 1 is 1.03 bits per heavy atom. The molecule has 32 heavy (non-hydrogen) atoms. The van der Waals surface area contributed by atoms with Gasteiger partial charge in [-0.25, -0.2) is 14.8 Å². The predicted octanol–water partition coefficient (Wildman–Crippen LogP) is 6.07. The van der Waals surface area contributed by atoms with Crippen LogP contribution in [-0.4, -0.2) is 33.3 Å². The van der Waals surface area contributed by atoms with Gasteiger partial charge in [0.05, 0.1) is 11.3 Å². The van der Waals surface area contributed by atoms with E-state index in [-0.39, 0.29) is 0 Å². The number of carbonyl (C=O) groups is 1. The Kier molecular flexibility index (Phi) is 6.71. The number of aryl methyl sites for hydroxylation is 1. The molecule has 6 heteroatoms. The largest absolute Gasteiger partial charge is 0.478 e. The smallest absolute Gasteiger partial charge is 0.336 e. The van der Waals surface area contributed by atoms with Crippen LogP contribution in [0, 0.1) is 6.92 Å². The summed E-state index contributed by atoms with van der Waals surface area (Å²) in [5, 5.41) is 15.4. The van der Waals surface area contributed by atoms with Gasteiger partial charge < -0.3 is 10.4 Å². The zero-order valence-electron chi connectivity index (χ0n) is 18.1. The first-order chi connectivity index (χ1) is 15.6. The third kappa shape index (κ3) is 4.75. The second kappa shape index (κ2) is 9.83. The topological polar surface area (TPSA) is 75.1 Å². The molecule has 0 amide bonds. The number of thioether (sulfide) groups is 1. The monoisotopic (exact) mass is 443 g/mol. The van der Waals surface area contributed by atoms with Crippen molar-refractivity contribution in [1.82, 2.24) is 9.97 Å². The minimum Gasteiger partial charge on any atom is -0.478 e. The van der Waals surface area contributed by atoms with E-state index in [1.165, 1.54) is 40.0 Å². The Balaban J connectivity index is 1.50. The van der Waals surface area contributed by atoms with Gasteiger partial charge in [0.25, 0.3) is 0 Å². The molecular formula is C26H25N3O2S. The van der Waals surface area contributed by atoms with E-state index in [1.54, 1.807) is 12.1 Å². The molecule has 0 aliphatic rings. The van der Waals surface area contributed by atoms with Crippen molar-refractivity contribution in [3.8, 4) is 11.3 Å². The minimum absolute atomic E-state index is 0.318. The highest BCUT2D eigenvalue weighted by atomic mass is 32.2. The van der Waals surface area contributed by atoms with Crippen molar-refractivity contribution in [2.75, 3.05) is 17.6 Å². The summed E-state index contributed by atoms with van der Waals surface area (Å²) >= 11 is 1.52. The van der Waals surface area contributed by atoms with Crippen LogP contribution < -0.4 is 5.32 Å². The van der Waals surface area contributed by atoms with Crippen LogP contribution in [-0.2, 0) is 6.42 Å². The number of hydrogen-bond acceptors (Lipinski definition) is 5. The van der Waals surface area contributed by atoms with Crippen LogP contribution in [0.1, 0.15) is 28.4 Å². The van der Waals surface area contributed by atoms with E-state index < -0.39 is 5.97 Å². The van der Waals surface area contributed by atoms with E-state index >= 15 is 0 Å². The molecule has 0 fully saturated rings. The molecule has 0 bridgehead atoms. The van der Waals surface area contributed by atoms with Crippen molar-refractivity contribution in [1.29, 1.82) is 0 Å². The summed E-state index contributed by atoms with van der Waals surface area (Å²) in [6, 6.07) is 20.1. The summed E-state index contributed by atoms with van der Waals surface area (Å²) < 4.78 is 0. The Bertz CT molecular complexity index is 1270. The molecule has 0 saturated carbocycles. The van der Waals surface area contributed by atoms with E-state index in [4.69, 9.17) is 0 Å². The van der Waals surface area contributed by atoms with Crippen LogP contribution in [0.5, 0.6) is 0 Å². The van der Waals surface area contributed by atoms with E-state index in [2.05, 4.69) is 58.6 Å². The standard InChI is InChI=1S/C26H25N3O2S/c1-3-32-24-14-19(10-11-22(24)26(30)31)23-15-25(29-16-28-23)27-13-12-18-9-8-17(2)20-6-4-5-7-21(18)20/h4-11,14-16H,3,12-13H2,1-2H3,(H,30,31)(H,27,28,29). The molecule has 2 N–H and O–H groups in total. The Morgan fingerprint density at radius 2 is 1.84 bits per heavy atom. The molecule has 1 heterocycles. The number of nitrogens with one attached hydrogen (secondary N) is 1. The Labute approximate surface area is 191 Å². The fraction of sp³-hybridized carbons (Fsp3) is 0.192. The highest BCUT2D eigenvalue weighted by Gasteiger charge is 2.12. The van der Waals surface area contributed by atoms with Gasteiger partial charge in [-0.15, -0.1) is 11.8 Å². The highest BCUT2D eigenvalue weighted by molar-refractivity contribution is 7.99. The normalized spacial score (nSPS) is 10.9. The SMILES string of the molecule is CCSc1cc(-c2cc(NCCc3ccc(C)c4ccccc34)ncn2)ccc1C(=O)O. The van der Waals surface area contributed by atoms with Gasteiger partial charge in [-0.05, 0) is 53.1 Å². The second-order valence-electron chi connectivity index (χ2n) is 7.50. The molecule has 4 aromatic rings. The van der Waals surface area contributed by atoms with Crippen molar-refractivity contribution in [3.05, 3.63) is 83.7 Å². The van der Waals surface area contributed by atoms with Gasteiger partial charge in [-0.3, -0.25) is 0 Å².